The highest BCUT2D eigenvalue weighted by Gasteiger charge is 2.20. The summed E-state index contributed by atoms with van der Waals surface area (Å²) in [6, 6.07) is 13.0. The SMILES string of the molecule is CC(C)Oc1ccc([C@@H](CC(=O)O)NC(=O)c2ccccc2Cl)cc1. The molecule has 132 valence electrons. The fourth-order valence-electron chi connectivity index (χ4n) is 2.36. The van der Waals surface area contributed by atoms with E-state index in [0.29, 0.717) is 21.9 Å². The molecule has 0 aliphatic heterocycles. The molecule has 0 spiro atoms. The molecule has 0 unspecified atom stereocenters. The number of carboxylic acids is 1. The number of aliphatic carboxylic acids is 1. The lowest BCUT2D eigenvalue weighted by Crippen LogP contribution is -2.30. The largest absolute Gasteiger partial charge is 0.491 e. The number of rotatable bonds is 7. The summed E-state index contributed by atoms with van der Waals surface area (Å²) in [6.07, 6.45) is -0.193. The van der Waals surface area contributed by atoms with E-state index in [-0.39, 0.29) is 12.5 Å². The van der Waals surface area contributed by atoms with Crippen LogP contribution in [0.5, 0.6) is 5.75 Å². The summed E-state index contributed by atoms with van der Waals surface area (Å²) in [6.45, 7) is 3.84. The minimum absolute atomic E-state index is 0.0422. The Hall–Kier alpha value is -2.53. The Kier molecular flexibility index (Phi) is 6.42. The van der Waals surface area contributed by atoms with Crippen LogP contribution in [0.25, 0.3) is 0 Å². The molecule has 5 nitrogen and oxygen atoms in total. The van der Waals surface area contributed by atoms with E-state index in [1.165, 1.54) is 0 Å². The molecule has 0 aliphatic carbocycles. The second kappa shape index (κ2) is 8.53. The number of carboxylic acid groups (broad SMARTS) is 1. The summed E-state index contributed by atoms with van der Waals surface area (Å²) in [4.78, 5) is 23.6. The van der Waals surface area contributed by atoms with Crippen molar-refractivity contribution in [2.75, 3.05) is 0 Å². The first kappa shape index (κ1) is 18.8. The lowest BCUT2D eigenvalue weighted by Gasteiger charge is -2.19. The predicted molar refractivity (Wildman–Crippen MR) is 96.1 cm³/mol. The molecule has 0 saturated heterocycles. The topological polar surface area (TPSA) is 75.6 Å². The third-order valence-corrected chi connectivity index (χ3v) is 3.79. The van der Waals surface area contributed by atoms with E-state index in [2.05, 4.69) is 5.32 Å². The minimum atomic E-state index is -1.01. The zero-order valence-electron chi connectivity index (χ0n) is 14.0. The number of carbonyl (C=O) groups excluding carboxylic acids is 1. The standard InChI is InChI=1S/C19H20ClNO4/c1-12(2)25-14-9-7-13(8-10-14)17(11-18(22)23)21-19(24)15-5-3-4-6-16(15)20/h3-10,12,17H,11H2,1-2H3,(H,21,24)(H,22,23)/t17-/m1/s1. The summed E-state index contributed by atoms with van der Waals surface area (Å²) >= 11 is 6.03. The first-order chi connectivity index (χ1) is 11.9. The van der Waals surface area contributed by atoms with Gasteiger partial charge in [-0.25, -0.2) is 0 Å². The average Bonchev–Trinajstić information content (AvgIpc) is 2.54. The smallest absolute Gasteiger partial charge is 0.305 e. The van der Waals surface area contributed by atoms with Gasteiger partial charge in [-0.3, -0.25) is 9.59 Å². The quantitative estimate of drug-likeness (QED) is 0.779. The fraction of sp³-hybridized carbons (Fsp3) is 0.263. The van der Waals surface area contributed by atoms with Crippen LogP contribution in [0.1, 0.15) is 42.2 Å². The first-order valence-corrected chi connectivity index (χ1v) is 8.28. The van der Waals surface area contributed by atoms with Crippen LogP contribution >= 0.6 is 11.6 Å². The minimum Gasteiger partial charge on any atom is -0.491 e. The van der Waals surface area contributed by atoms with Crippen molar-refractivity contribution in [1.29, 1.82) is 0 Å². The van der Waals surface area contributed by atoms with Gasteiger partial charge in [0, 0.05) is 0 Å². The lowest BCUT2D eigenvalue weighted by atomic mass is 10.0. The van der Waals surface area contributed by atoms with Crippen LogP contribution in [0.15, 0.2) is 48.5 Å². The number of amides is 1. The molecule has 0 fully saturated rings. The third-order valence-electron chi connectivity index (χ3n) is 3.46. The number of halogens is 1. The van der Waals surface area contributed by atoms with E-state index in [0.717, 1.165) is 0 Å². The zero-order chi connectivity index (χ0) is 18.4. The molecule has 0 aromatic heterocycles. The molecule has 0 heterocycles. The van der Waals surface area contributed by atoms with Crippen molar-refractivity contribution in [2.45, 2.75) is 32.4 Å². The monoisotopic (exact) mass is 361 g/mol. The fourth-order valence-corrected chi connectivity index (χ4v) is 2.58. The Balaban J connectivity index is 2.20. The van der Waals surface area contributed by atoms with Crippen molar-refractivity contribution in [3.63, 3.8) is 0 Å². The number of hydrogen-bond donors (Lipinski definition) is 2. The lowest BCUT2D eigenvalue weighted by molar-refractivity contribution is -0.137. The highest BCUT2D eigenvalue weighted by molar-refractivity contribution is 6.33. The van der Waals surface area contributed by atoms with Crippen molar-refractivity contribution in [1.82, 2.24) is 5.32 Å². The van der Waals surface area contributed by atoms with Gasteiger partial charge in [0.1, 0.15) is 5.75 Å². The summed E-state index contributed by atoms with van der Waals surface area (Å²) in [5.74, 6) is -0.739. The molecule has 0 radical (unpaired) electrons. The summed E-state index contributed by atoms with van der Waals surface area (Å²) < 4.78 is 5.58. The number of ether oxygens (including phenoxy) is 1. The molecule has 25 heavy (non-hydrogen) atoms. The maximum Gasteiger partial charge on any atom is 0.305 e. The molecule has 0 aliphatic rings. The molecular weight excluding hydrogens is 342 g/mol. The van der Waals surface area contributed by atoms with E-state index < -0.39 is 17.9 Å². The van der Waals surface area contributed by atoms with Crippen LogP contribution < -0.4 is 10.1 Å². The van der Waals surface area contributed by atoms with Gasteiger partial charge in [-0.15, -0.1) is 0 Å². The normalized spacial score (nSPS) is 11.8. The molecule has 2 N–H and O–H groups in total. The molecule has 2 rings (SSSR count). The highest BCUT2D eigenvalue weighted by atomic mass is 35.5. The number of benzene rings is 2. The van der Waals surface area contributed by atoms with E-state index in [9.17, 15) is 9.59 Å². The first-order valence-electron chi connectivity index (χ1n) is 7.90. The third kappa shape index (κ3) is 5.50. The van der Waals surface area contributed by atoms with Gasteiger partial charge >= 0.3 is 5.97 Å². The van der Waals surface area contributed by atoms with Gasteiger partial charge in [0.05, 0.1) is 29.2 Å². The van der Waals surface area contributed by atoms with Crippen LogP contribution in [0, 0.1) is 0 Å². The Morgan fingerprint density at radius 1 is 1.12 bits per heavy atom. The molecule has 6 heteroatoms. The predicted octanol–water partition coefficient (Wildman–Crippen LogP) is 4.07. The molecular formula is C19H20ClNO4. The Morgan fingerprint density at radius 2 is 1.76 bits per heavy atom. The van der Waals surface area contributed by atoms with E-state index >= 15 is 0 Å². The molecule has 1 atom stereocenters. The zero-order valence-corrected chi connectivity index (χ0v) is 14.8. The van der Waals surface area contributed by atoms with Crippen molar-refractivity contribution in [3.05, 3.63) is 64.7 Å². The molecule has 0 saturated carbocycles. The Labute approximate surface area is 151 Å². The van der Waals surface area contributed by atoms with E-state index in [1.807, 2.05) is 13.8 Å². The average molecular weight is 362 g/mol. The van der Waals surface area contributed by atoms with Gasteiger partial charge in [0.2, 0.25) is 0 Å². The van der Waals surface area contributed by atoms with Gasteiger partial charge in [-0.1, -0.05) is 35.9 Å². The maximum atomic E-state index is 12.4. The second-order valence-corrected chi connectivity index (χ2v) is 6.25. The van der Waals surface area contributed by atoms with Gasteiger partial charge in [-0.05, 0) is 43.7 Å². The second-order valence-electron chi connectivity index (χ2n) is 5.84. The van der Waals surface area contributed by atoms with Crippen LogP contribution in [0.4, 0.5) is 0 Å². The van der Waals surface area contributed by atoms with E-state index in [1.54, 1.807) is 48.5 Å². The van der Waals surface area contributed by atoms with Gasteiger partial charge in [0.15, 0.2) is 0 Å². The van der Waals surface area contributed by atoms with E-state index in [4.69, 9.17) is 21.4 Å². The maximum absolute atomic E-state index is 12.4. The van der Waals surface area contributed by atoms with Gasteiger partial charge < -0.3 is 15.2 Å². The molecule has 1 amide bonds. The molecule has 2 aromatic carbocycles. The van der Waals surface area contributed by atoms with Crippen molar-refractivity contribution < 1.29 is 19.4 Å². The van der Waals surface area contributed by atoms with Crippen molar-refractivity contribution in [3.8, 4) is 5.75 Å². The number of nitrogens with one attached hydrogen (secondary N) is 1. The highest BCUT2D eigenvalue weighted by Crippen LogP contribution is 2.23. The Bertz CT molecular complexity index is 743. The summed E-state index contributed by atoms with van der Waals surface area (Å²) in [5, 5.41) is 12.2. The number of carbonyl (C=O) groups is 2. The van der Waals surface area contributed by atoms with Crippen molar-refractivity contribution in [2.24, 2.45) is 0 Å². The molecule has 0 bridgehead atoms. The van der Waals surface area contributed by atoms with Crippen LogP contribution in [-0.2, 0) is 4.79 Å². The summed E-state index contributed by atoms with van der Waals surface area (Å²) in [7, 11) is 0. The van der Waals surface area contributed by atoms with Gasteiger partial charge in [0.25, 0.3) is 5.91 Å². The Morgan fingerprint density at radius 3 is 2.32 bits per heavy atom. The summed E-state index contributed by atoms with van der Waals surface area (Å²) in [5.41, 5.74) is 0.984. The number of hydrogen-bond acceptors (Lipinski definition) is 3. The molecule has 2 aromatic rings. The van der Waals surface area contributed by atoms with Crippen molar-refractivity contribution >= 4 is 23.5 Å². The van der Waals surface area contributed by atoms with Crippen LogP contribution in [0.2, 0.25) is 5.02 Å². The van der Waals surface area contributed by atoms with Gasteiger partial charge in [-0.2, -0.15) is 0 Å². The van der Waals surface area contributed by atoms with Crippen LogP contribution in [-0.4, -0.2) is 23.1 Å². The van der Waals surface area contributed by atoms with Crippen LogP contribution in [0.3, 0.4) is 0 Å².